The number of aromatic nitrogens is 2. The Morgan fingerprint density at radius 2 is 1.73 bits per heavy atom. The number of anilines is 2. The predicted molar refractivity (Wildman–Crippen MR) is 47.9 cm³/mol. The van der Waals surface area contributed by atoms with E-state index in [1.54, 1.807) is 0 Å². The monoisotopic (exact) mass is 234 g/mol. The van der Waals surface area contributed by atoms with E-state index < -0.39 is 10.4 Å². The van der Waals surface area contributed by atoms with Crippen molar-refractivity contribution in [3.63, 3.8) is 0 Å². The second-order valence-electron chi connectivity index (χ2n) is 2.05. The molecule has 1 aromatic heterocycles. The first-order valence-electron chi connectivity index (χ1n) is 3.16. The lowest BCUT2D eigenvalue weighted by molar-refractivity contribution is 0.366. The van der Waals surface area contributed by atoms with Crippen LogP contribution in [0, 0.1) is 5.39 Å². The molecule has 0 saturated carbocycles. The first-order chi connectivity index (χ1) is 6.72. The number of diazo groups is 1. The Balaban J connectivity index is 0.000000336. The average molecular weight is 234 g/mol. The van der Waals surface area contributed by atoms with Crippen molar-refractivity contribution < 1.29 is 17.5 Å². The zero-order valence-electron chi connectivity index (χ0n) is 7.10. The Hall–Kier alpha value is -2.03. The van der Waals surface area contributed by atoms with Gasteiger partial charge in [0.2, 0.25) is 22.0 Å². The normalized spacial score (nSPS) is 9.67. The van der Waals surface area contributed by atoms with Crippen LogP contribution in [0.25, 0.3) is 4.98 Å². The van der Waals surface area contributed by atoms with E-state index in [0.29, 0.717) is 0 Å². The highest BCUT2D eigenvalue weighted by atomic mass is 32.3. The summed E-state index contributed by atoms with van der Waals surface area (Å²) in [5.41, 5.74) is 10.5. The average Bonchev–Trinajstić information content (AvgIpc) is 1.99. The van der Waals surface area contributed by atoms with Crippen molar-refractivity contribution in [2.45, 2.75) is 0 Å². The lowest BCUT2D eigenvalue weighted by Crippen LogP contribution is -1.95. The smallest absolute Gasteiger partial charge is 0.565 e. The van der Waals surface area contributed by atoms with Crippen LogP contribution in [-0.4, -0.2) is 27.5 Å². The molecule has 82 valence electrons. The second-order valence-corrected chi connectivity index (χ2v) is 2.90. The molecule has 0 aromatic carbocycles. The fourth-order valence-corrected chi connectivity index (χ4v) is 0.517. The van der Waals surface area contributed by atoms with Gasteiger partial charge in [-0.2, -0.15) is 0 Å². The van der Waals surface area contributed by atoms with Gasteiger partial charge < -0.3 is 16.0 Å². The predicted octanol–water partition coefficient (Wildman–Crippen LogP) is -0.870. The topological polar surface area (TPSA) is 183 Å². The highest BCUT2D eigenvalue weighted by Crippen LogP contribution is 2.09. The van der Waals surface area contributed by atoms with Crippen molar-refractivity contribution in [2.75, 3.05) is 11.5 Å². The van der Waals surface area contributed by atoms with Crippen molar-refractivity contribution >= 4 is 28.0 Å². The molecule has 0 spiro atoms. The molecule has 0 aliphatic carbocycles. The van der Waals surface area contributed by atoms with Crippen LogP contribution < -0.4 is 11.5 Å². The molecule has 15 heavy (non-hydrogen) atoms. The van der Waals surface area contributed by atoms with Crippen LogP contribution in [0.1, 0.15) is 0 Å². The van der Waals surface area contributed by atoms with E-state index in [1.807, 2.05) is 0 Å². The third-order valence-corrected chi connectivity index (χ3v) is 0.843. The first kappa shape index (κ1) is 13.0. The summed E-state index contributed by atoms with van der Waals surface area (Å²) in [6.07, 6.45) is 0. The summed E-state index contributed by atoms with van der Waals surface area (Å²) >= 11 is 0. The van der Waals surface area contributed by atoms with E-state index in [-0.39, 0.29) is 17.6 Å². The fourth-order valence-electron chi connectivity index (χ4n) is 0.517. The van der Waals surface area contributed by atoms with Crippen molar-refractivity contribution in [2.24, 2.45) is 0 Å². The SMILES string of the molecule is N#[N+]c1nc(N)cc(N)n1.O=S(=O)([O-])O. The fraction of sp³-hybridized carbons (Fsp3) is 0. The van der Waals surface area contributed by atoms with E-state index in [2.05, 4.69) is 14.9 Å². The maximum atomic E-state index is 8.63. The van der Waals surface area contributed by atoms with Crippen molar-refractivity contribution in [1.29, 1.82) is 5.39 Å². The highest BCUT2D eigenvalue weighted by molar-refractivity contribution is 7.79. The number of nitrogens with two attached hydrogens (primary N) is 2. The van der Waals surface area contributed by atoms with Gasteiger partial charge in [-0.1, -0.05) is 0 Å². The molecule has 0 fully saturated rings. The molecule has 0 radical (unpaired) electrons. The molecule has 0 aliphatic rings. The molecule has 1 aromatic rings. The van der Waals surface area contributed by atoms with Crippen LogP contribution in [-0.2, 0) is 10.4 Å². The Kier molecular flexibility index (Phi) is 4.33. The van der Waals surface area contributed by atoms with Gasteiger partial charge in [-0.25, -0.2) is 8.42 Å². The molecule has 0 atom stereocenters. The summed E-state index contributed by atoms with van der Waals surface area (Å²) in [7, 11) is -4.92. The van der Waals surface area contributed by atoms with E-state index in [0.717, 1.165) is 0 Å². The van der Waals surface area contributed by atoms with Gasteiger partial charge in [-0.3, -0.25) is 4.55 Å². The number of hydrogen-bond acceptors (Lipinski definition) is 8. The lowest BCUT2D eigenvalue weighted by atomic mass is 10.5. The van der Waals surface area contributed by atoms with E-state index >= 15 is 0 Å². The van der Waals surface area contributed by atoms with Gasteiger partial charge in [-0.05, 0) is 14.9 Å². The highest BCUT2D eigenvalue weighted by Gasteiger charge is 2.10. The van der Waals surface area contributed by atoms with Gasteiger partial charge in [-0.15, -0.1) is 0 Å². The van der Waals surface area contributed by atoms with Crippen LogP contribution in [0.3, 0.4) is 0 Å². The summed E-state index contributed by atoms with van der Waals surface area (Å²) in [5, 5.41) is 8.18. The lowest BCUT2D eigenvalue weighted by Gasteiger charge is -1.88. The van der Waals surface area contributed by atoms with Crippen LogP contribution in [0.5, 0.6) is 0 Å². The van der Waals surface area contributed by atoms with E-state index in [4.69, 9.17) is 34.4 Å². The van der Waals surface area contributed by atoms with Gasteiger partial charge in [0.1, 0.15) is 0 Å². The van der Waals surface area contributed by atoms with Crippen LogP contribution in [0.2, 0.25) is 0 Å². The molecule has 11 heteroatoms. The van der Waals surface area contributed by atoms with Crippen molar-refractivity contribution in [1.82, 2.24) is 9.97 Å². The number of nitrogens with zero attached hydrogens (tertiary/aromatic N) is 4. The Bertz CT molecular complexity index is 450. The minimum Gasteiger partial charge on any atom is -0.726 e. The summed E-state index contributed by atoms with van der Waals surface area (Å²) in [6, 6.07) is 1.37. The molecule has 10 nitrogen and oxygen atoms in total. The van der Waals surface area contributed by atoms with Gasteiger partial charge >= 0.3 is 5.95 Å². The Morgan fingerprint density at radius 3 is 2.00 bits per heavy atom. The van der Waals surface area contributed by atoms with Gasteiger partial charge in [0.15, 0.2) is 0 Å². The maximum absolute atomic E-state index is 8.63. The maximum Gasteiger partial charge on any atom is 0.565 e. The number of nitrogen functional groups attached to an aromatic ring is 2. The quantitative estimate of drug-likeness (QED) is 0.291. The molecule has 0 aliphatic heterocycles. The van der Waals surface area contributed by atoms with Gasteiger partial charge in [0.25, 0.3) is 0 Å². The Morgan fingerprint density at radius 1 is 1.40 bits per heavy atom. The minimum atomic E-state index is -4.92. The van der Waals surface area contributed by atoms with Gasteiger partial charge in [0.05, 0.1) is 11.5 Å². The van der Waals surface area contributed by atoms with Crippen molar-refractivity contribution in [3.8, 4) is 0 Å². The number of rotatable bonds is 0. The molecule has 0 unspecified atom stereocenters. The van der Waals surface area contributed by atoms with Crippen LogP contribution in [0.15, 0.2) is 6.07 Å². The molecular weight excluding hydrogens is 228 g/mol. The zero-order valence-corrected chi connectivity index (χ0v) is 7.92. The van der Waals surface area contributed by atoms with E-state index in [1.165, 1.54) is 6.07 Å². The Labute approximate surface area is 84.1 Å². The largest absolute Gasteiger partial charge is 0.726 e. The van der Waals surface area contributed by atoms with Crippen molar-refractivity contribution in [3.05, 3.63) is 11.0 Å². The summed E-state index contributed by atoms with van der Waals surface area (Å²) < 4.78 is 32.8. The molecule has 0 bridgehead atoms. The molecule has 0 saturated heterocycles. The standard InChI is InChI=1S/C4H5N6.H2O4S/c5-2-1-3(6)9-4(8-2)10-7;1-5(2,3)4/h1H,(H4,5,6,8,9);(H2,1,2,3,4)/q+1;/p-1. The molecule has 1 heterocycles. The third-order valence-electron chi connectivity index (χ3n) is 0.843. The first-order valence-corrected chi connectivity index (χ1v) is 4.52. The number of hydrogen-bond donors (Lipinski definition) is 3. The van der Waals surface area contributed by atoms with E-state index in [9.17, 15) is 0 Å². The van der Waals surface area contributed by atoms with Crippen LogP contribution >= 0.6 is 0 Å². The minimum absolute atomic E-state index is 0.127. The molecule has 1 rings (SSSR count). The summed E-state index contributed by atoms with van der Waals surface area (Å²) in [6.45, 7) is 0. The third kappa shape index (κ3) is 8.30. The zero-order chi connectivity index (χ0) is 12.1. The molecule has 5 N–H and O–H groups in total. The summed E-state index contributed by atoms with van der Waals surface area (Å²) in [5.74, 6) is 0.234. The van der Waals surface area contributed by atoms with Crippen LogP contribution in [0.4, 0.5) is 17.6 Å². The summed E-state index contributed by atoms with van der Waals surface area (Å²) in [4.78, 5) is 9.75. The second kappa shape index (κ2) is 5.00. The molecular formula is C4H6N6O4S. The molecule has 0 amide bonds. The van der Waals surface area contributed by atoms with Gasteiger partial charge in [0, 0.05) is 0 Å².